The molecule has 2 atom stereocenters. The summed E-state index contributed by atoms with van der Waals surface area (Å²) in [6.45, 7) is 8.78. The van der Waals surface area contributed by atoms with Crippen LogP contribution in [0.5, 0.6) is 5.75 Å². The summed E-state index contributed by atoms with van der Waals surface area (Å²) in [4.78, 5) is 2.38. The Balaban J connectivity index is 2.20. The van der Waals surface area contributed by atoms with Crippen molar-refractivity contribution in [3.8, 4) is 5.75 Å². The lowest BCUT2D eigenvalue weighted by atomic mass is 10.0. The number of aryl methyl sites for hydroxylation is 1. The molecule has 1 aromatic rings. The molecule has 2 unspecified atom stereocenters. The van der Waals surface area contributed by atoms with E-state index in [0.29, 0.717) is 11.8 Å². The van der Waals surface area contributed by atoms with E-state index in [4.69, 9.17) is 4.74 Å². The van der Waals surface area contributed by atoms with Crippen LogP contribution in [0.4, 0.5) is 0 Å². The molecule has 1 aliphatic rings. The van der Waals surface area contributed by atoms with Crippen LogP contribution in [0.2, 0.25) is 0 Å². The topological polar surface area (TPSA) is 32.7 Å². The molecule has 0 amide bonds. The van der Waals surface area contributed by atoms with Crippen molar-refractivity contribution in [3.05, 3.63) is 29.3 Å². The monoisotopic (exact) mass is 235 g/mol. The fourth-order valence-electron chi connectivity index (χ4n) is 2.50. The third kappa shape index (κ3) is 2.61. The number of aromatic hydroxyl groups is 1. The number of benzene rings is 1. The molecule has 1 saturated heterocycles. The standard InChI is InChI=1S/C14H21NO2/c1-10-4-5-13(14(16)8-10)12(3)15-6-7-17-9-11(15)2/h4-5,8,11-12,16H,6-7,9H2,1-3H3. The van der Waals surface area contributed by atoms with Gasteiger partial charge in [0.05, 0.1) is 13.2 Å². The Kier molecular flexibility index (Phi) is 3.69. The van der Waals surface area contributed by atoms with Crippen LogP contribution in [-0.2, 0) is 4.74 Å². The van der Waals surface area contributed by atoms with E-state index in [1.807, 2.05) is 19.1 Å². The Hall–Kier alpha value is -1.06. The Labute approximate surface area is 103 Å². The van der Waals surface area contributed by atoms with E-state index in [0.717, 1.165) is 30.9 Å². The third-order valence-corrected chi connectivity index (χ3v) is 3.55. The van der Waals surface area contributed by atoms with E-state index < -0.39 is 0 Å². The second-order valence-corrected chi connectivity index (χ2v) is 4.90. The molecule has 1 aromatic carbocycles. The summed E-state index contributed by atoms with van der Waals surface area (Å²) >= 11 is 0. The first-order chi connectivity index (χ1) is 8.09. The molecule has 1 fully saturated rings. The van der Waals surface area contributed by atoms with Gasteiger partial charge in [0.15, 0.2) is 0 Å². The molecule has 0 bridgehead atoms. The number of rotatable bonds is 2. The number of ether oxygens (including phenoxy) is 1. The second kappa shape index (κ2) is 5.07. The highest BCUT2D eigenvalue weighted by Crippen LogP contribution is 2.31. The van der Waals surface area contributed by atoms with Crippen LogP contribution in [0.1, 0.15) is 31.0 Å². The second-order valence-electron chi connectivity index (χ2n) is 4.90. The van der Waals surface area contributed by atoms with Crippen molar-refractivity contribution in [3.63, 3.8) is 0 Å². The summed E-state index contributed by atoms with van der Waals surface area (Å²) < 4.78 is 5.44. The average molecular weight is 235 g/mol. The zero-order valence-corrected chi connectivity index (χ0v) is 10.8. The third-order valence-electron chi connectivity index (χ3n) is 3.55. The molecular weight excluding hydrogens is 214 g/mol. The van der Waals surface area contributed by atoms with Crippen molar-refractivity contribution < 1.29 is 9.84 Å². The molecule has 0 spiro atoms. The fourth-order valence-corrected chi connectivity index (χ4v) is 2.50. The van der Waals surface area contributed by atoms with Crippen LogP contribution in [0.15, 0.2) is 18.2 Å². The smallest absolute Gasteiger partial charge is 0.120 e. The SMILES string of the molecule is Cc1ccc(C(C)N2CCOCC2C)c(O)c1. The molecular formula is C14H21NO2. The molecule has 94 valence electrons. The summed E-state index contributed by atoms with van der Waals surface area (Å²) in [5.41, 5.74) is 2.10. The Morgan fingerprint density at radius 3 is 2.88 bits per heavy atom. The molecule has 2 rings (SSSR count). The van der Waals surface area contributed by atoms with Crippen LogP contribution in [-0.4, -0.2) is 35.8 Å². The number of hydrogen-bond donors (Lipinski definition) is 1. The normalized spacial score (nSPS) is 23.6. The highest BCUT2D eigenvalue weighted by molar-refractivity contribution is 5.37. The minimum atomic E-state index is 0.231. The van der Waals surface area contributed by atoms with Gasteiger partial charge >= 0.3 is 0 Å². The van der Waals surface area contributed by atoms with Crippen molar-refractivity contribution in [1.29, 1.82) is 0 Å². The summed E-state index contributed by atoms with van der Waals surface area (Å²) in [6, 6.07) is 6.54. The lowest BCUT2D eigenvalue weighted by Gasteiger charge is -2.38. The minimum Gasteiger partial charge on any atom is -0.508 e. The minimum absolute atomic E-state index is 0.231. The van der Waals surface area contributed by atoms with Crippen molar-refractivity contribution in [2.45, 2.75) is 32.9 Å². The Morgan fingerprint density at radius 1 is 1.47 bits per heavy atom. The van der Waals surface area contributed by atoms with Crippen molar-refractivity contribution >= 4 is 0 Å². The largest absolute Gasteiger partial charge is 0.508 e. The number of hydrogen-bond acceptors (Lipinski definition) is 3. The van der Waals surface area contributed by atoms with Gasteiger partial charge in [-0.1, -0.05) is 12.1 Å². The molecule has 1 aliphatic heterocycles. The maximum absolute atomic E-state index is 10.0. The van der Waals surface area contributed by atoms with Gasteiger partial charge in [-0.3, -0.25) is 4.90 Å². The van der Waals surface area contributed by atoms with Crippen molar-refractivity contribution in [2.75, 3.05) is 19.8 Å². The number of nitrogens with zero attached hydrogens (tertiary/aromatic N) is 1. The van der Waals surface area contributed by atoms with Crippen molar-refractivity contribution in [1.82, 2.24) is 4.90 Å². The van der Waals surface area contributed by atoms with E-state index in [-0.39, 0.29) is 6.04 Å². The van der Waals surface area contributed by atoms with Gasteiger partial charge in [0.25, 0.3) is 0 Å². The average Bonchev–Trinajstić information content (AvgIpc) is 2.29. The maximum atomic E-state index is 10.0. The quantitative estimate of drug-likeness (QED) is 0.854. The molecule has 1 N–H and O–H groups in total. The van der Waals surface area contributed by atoms with Crippen molar-refractivity contribution in [2.24, 2.45) is 0 Å². The van der Waals surface area contributed by atoms with Crippen LogP contribution in [0, 0.1) is 6.92 Å². The van der Waals surface area contributed by atoms with E-state index in [1.165, 1.54) is 0 Å². The number of morpholine rings is 1. The first kappa shape index (κ1) is 12.4. The van der Waals surface area contributed by atoms with Gasteiger partial charge in [-0.05, 0) is 32.4 Å². The summed E-state index contributed by atoms with van der Waals surface area (Å²) in [6.07, 6.45) is 0. The first-order valence-corrected chi connectivity index (χ1v) is 6.22. The first-order valence-electron chi connectivity index (χ1n) is 6.22. The maximum Gasteiger partial charge on any atom is 0.120 e. The Bertz CT molecular complexity index is 392. The van der Waals surface area contributed by atoms with E-state index >= 15 is 0 Å². The zero-order valence-electron chi connectivity index (χ0n) is 10.8. The number of phenols is 1. The number of phenolic OH excluding ortho intramolecular Hbond substituents is 1. The van der Waals surface area contributed by atoms with Gasteiger partial charge in [0.2, 0.25) is 0 Å². The summed E-state index contributed by atoms with van der Waals surface area (Å²) in [7, 11) is 0. The zero-order chi connectivity index (χ0) is 12.4. The Morgan fingerprint density at radius 2 is 2.24 bits per heavy atom. The molecule has 1 heterocycles. The molecule has 3 heteroatoms. The molecule has 3 nitrogen and oxygen atoms in total. The highest BCUT2D eigenvalue weighted by atomic mass is 16.5. The lowest BCUT2D eigenvalue weighted by Crippen LogP contribution is -2.44. The van der Waals surface area contributed by atoms with Gasteiger partial charge in [0.1, 0.15) is 5.75 Å². The lowest BCUT2D eigenvalue weighted by molar-refractivity contribution is -0.0194. The van der Waals surface area contributed by atoms with Gasteiger partial charge < -0.3 is 9.84 Å². The molecule has 0 radical (unpaired) electrons. The van der Waals surface area contributed by atoms with E-state index in [2.05, 4.69) is 24.8 Å². The van der Waals surface area contributed by atoms with Gasteiger partial charge in [-0.25, -0.2) is 0 Å². The fraction of sp³-hybridized carbons (Fsp3) is 0.571. The van der Waals surface area contributed by atoms with Crippen LogP contribution >= 0.6 is 0 Å². The molecule has 0 saturated carbocycles. The van der Waals surface area contributed by atoms with E-state index in [1.54, 1.807) is 0 Å². The molecule has 17 heavy (non-hydrogen) atoms. The predicted molar refractivity (Wildman–Crippen MR) is 68.2 cm³/mol. The van der Waals surface area contributed by atoms with Crippen LogP contribution in [0.25, 0.3) is 0 Å². The molecule has 0 aliphatic carbocycles. The van der Waals surface area contributed by atoms with Gasteiger partial charge in [-0.15, -0.1) is 0 Å². The molecule has 0 aromatic heterocycles. The summed E-state index contributed by atoms with van der Waals surface area (Å²) in [5.74, 6) is 0.399. The van der Waals surface area contributed by atoms with Gasteiger partial charge in [0, 0.05) is 24.2 Å². The predicted octanol–water partition coefficient (Wildman–Crippen LogP) is 2.48. The highest BCUT2D eigenvalue weighted by Gasteiger charge is 2.25. The van der Waals surface area contributed by atoms with Crippen LogP contribution < -0.4 is 0 Å². The summed E-state index contributed by atoms with van der Waals surface area (Å²) in [5, 5.41) is 10.0. The van der Waals surface area contributed by atoms with E-state index in [9.17, 15) is 5.11 Å². The van der Waals surface area contributed by atoms with Gasteiger partial charge in [-0.2, -0.15) is 0 Å². The van der Waals surface area contributed by atoms with Crippen LogP contribution in [0.3, 0.4) is 0 Å².